The van der Waals surface area contributed by atoms with Crippen molar-refractivity contribution in [1.82, 2.24) is 5.32 Å². The molecular formula is C13H20N4O3S. The molecule has 1 aromatic rings. The molecule has 1 saturated heterocycles. The molecule has 2 rings (SSSR count). The number of nitrogen functional groups attached to an aromatic ring is 1. The van der Waals surface area contributed by atoms with Gasteiger partial charge in [0, 0.05) is 19.6 Å². The zero-order chi connectivity index (χ0) is 15.6. The van der Waals surface area contributed by atoms with Crippen molar-refractivity contribution in [1.29, 1.82) is 0 Å². The smallest absolute Gasteiger partial charge is 0.263 e. The summed E-state index contributed by atoms with van der Waals surface area (Å²) < 4.78 is 0. The quantitative estimate of drug-likeness (QED) is 0.616. The third kappa shape index (κ3) is 3.11. The number of β-amino-alcohol motifs (C(OH)–C–C–N with tert-alkyl or cyclic N) is 1. The highest BCUT2D eigenvalue weighted by Gasteiger charge is 2.30. The van der Waals surface area contributed by atoms with Gasteiger partial charge in [0.05, 0.1) is 17.4 Å². The molecule has 1 aromatic heterocycles. The van der Waals surface area contributed by atoms with Crippen LogP contribution in [0.1, 0.15) is 39.8 Å². The normalized spacial score (nSPS) is 18.0. The van der Waals surface area contributed by atoms with E-state index in [2.05, 4.69) is 5.32 Å². The largest absolute Gasteiger partial charge is 0.397 e. The average Bonchev–Trinajstić information content (AvgIpc) is 2.99. The van der Waals surface area contributed by atoms with Crippen molar-refractivity contribution >= 4 is 33.8 Å². The minimum atomic E-state index is -0.658. The number of primary amides is 1. The Bertz CT molecular complexity index is 558. The first kappa shape index (κ1) is 15.6. The number of carbonyl (C=O) groups is 2. The first-order valence-electron chi connectivity index (χ1n) is 6.89. The standard InChI is InChI=1S/C13H20N4O3S/c1-2-4-16-12(20)10-9(14)8(11(15)19)13(21-10)17-5-3-7(18)6-17/h7,18H,2-6,14H2,1H3,(H2,15,19)(H,16,20). The van der Waals surface area contributed by atoms with E-state index in [0.29, 0.717) is 35.9 Å². The van der Waals surface area contributed by atoms with Crippen LogP contribution in [-0.4, -0.2) is 42.7 Å². The highest BCUT2D eigenvalue weighted by atomic mass is 32.1. The van der Waals surface area contributed by atoms with Gasteiger partial charge in [0.1, 0.15) is 9.88 Å². The summed E-state index contributed by atoms with van der Waals surface area (Å²) in [7, 11) is 0. The van der Waals surface area contributed by atoms with Gasteiger partial charge in [-0.1, -0.05) is 6.92 Å². The number of anilines is 2. The molecule has 2 amide bonds. The Kier molecular flexibility index (Phi) is 4.69. The number of aliphatic hydroxyl groups is 1. The van der Waals surface area contributed by atoms with Crippen molar-refractivity contribution in [2.24, 2.45) is 5.73 Å². The third-order valence-corrected chi connectivity index (χ3v) is 4.63. The van der Waals surface area contributed by atoms with Crippen LogP contribution in [0.25, 0.3) is 0 Å². The summed E-state index contributed by atoms with van der Waals surface area (Å²) in [6.07, 6.45) is 0.990. The van der Waals surface area contributed by atoms with Crippen LogP contribution in [0, 0.1) is 0 Å². The maximum Gasteiger partial charge on any atom is 0.263 e. The molecule has 0 aromatic carbocycles. The van der Waals surface area contributed by atoms with Crippen molar-refractivity contribution in [3.05, 3.63) is 10.4 Å². The Morgan fingerprint density at radius 2 is 2.24 bits per heavy atom. The molecule has 1 fully saturated rings. The Balaban J connectivity index is 2.36. The molecule has 6 N–H and O–H groups in total. The molecule has 1 aliphatic heterocycles. The predicted molar refractivity (Wildman–Crippen MR) is 82.7 cm³/mol. The lowest BCUT2D eigenvalue weighted by Gasteiger charge is -2.16. The number of thiophene rings is 1. The van der Waals surface area contributed by atoms with Crippen LogP contribution in [0.2, 0.25) is 0 Å². The van der Waals surface area contributed by atoms with Crippen molar-refractivity contribution in [2.75, 3.05) is 30.3 Å². The van der Waals surface area contributed by atoms with Crippen molar-refractivity contribution in [3.8, 4) is 0 Å². The Labute approximate surface area is 126 Å². The maximum absolute atomic E-state index is 12.1. The number of nitrogens with zero attached hydrogens (tertiary/aromatic N) is 1. The fraction of sp³-hybridized carbons (Fsp3) is 0.538. The SMILES string of the molecule is CCCNC(=O)c1sc(N2CCC(O)C2)c(C(N)=O)c1N. The van der Waals surface area contributed by atoms with Crippen LogP contribution in [0.3, 0.4) is 0 Å². The van der Waals surface area contributed by atoms with Crippen molar-refractivity contribution in [2.45, 2.75) is 25.9 Å². The van der Waals surface area contributed by atoms with E-state index in [1.807, 2.05) is 11.8 Å². The maximum atomic E-state index is 12.1. The van der Waals surface area contributed by atoms with Gasteiger partial charge in [0.2, 0.25) is 0 Å². The second-order valence-electron chi connectivity index (χ2n) is 5.03. The predicted octanol–water partition coefficient (Wildman–Crippen LogP) is 0.140. The molecule has 116 valence electrons. The van der Waals surface area contributed by atoms with Gasteiger partial charge in [-0.25, -0.2) is 0 Å². The van der Waals surface area contributed by atoms with Gasteiger partial charge in [0.25, 0.3) is 11.8 Å². The number of aliphatic hydroxyl groups excluding tert-OH is 1. The van der Waals surface area contributed by atoms with E-state index in [0.717, 1.165) is 17.8 Å². The van der Waals surface area contributed by atoms with E-state index in [1.165, 1.54) is 0 Å². The van der Waals surface area contributed by atoms with Crippen molar-refractivity contribution in [3.63, 3.8) is 0 Å². The molecule has 0 spiro atoms. The molecule has 7 nitrogen and oxygen atoms in total. The van der Waals surface area contributed by atoms with Gasteiger partial charge in [-0.15, -0.1) is 11.3 Å². The van der Waals surface area contributed by atoms with E-state index in [1.54, 1.807) is 0 Å². The molecule has 21 heavy (non-hydrogen) atoms. The topological polar surface area (TPSA) is 122 Å². The van der Waals surface area contributed by atoms with Crippen LogP contribution < -0.4 is 21.7 Å². The summed E-state index contributed by atoms with van der Waals surface area (Å²) in [5, 5.41) is 12.9. The van der Waals surface area contributed by atoms with Crippen LogP contribution in [0.15, 0.2) is 0 Å². The first-order valence-corrected chi connectivity index (χ1v) is 7.70. The minimum Gasteiger partial charge on any atom is -0.397 e. The molecule has 1 aliphatic rings. The number of hydrogen-bond donors (Lipinski definition) is 4. The van der Waals surface area contributed by atoms with Crippen molar-refractivity contribution < 1.29 is 14.7 Å². The van der Waals surface area contributed by atoms with Gasteiger partial charge in [-0.05, 0) is 12.8 Å². The summed E-state index contributed by atoms with van der Waals surface area (Å²) in [5.74, 6) is -0.956. The van der Waals surface area contributed by atoms with Gasteiger partial charge >= 0.3 is 0 Å². The third-order valence-electron chi connectivity index (χ3n) is 3.37. The van der Waals surface area contributed by atoms with E-state index in [9.17, 15) is 14.7 Å². The first-order chi connectivity index (χ1) is 9.95. The van der Waals surface area contributed by atoms with Crippen LogP contribution in [0.4, 0.5) is 10.7 Å². The highest BCUT2D eigenvalue weighted by molar-refractivity contribution is 7.19. The minimum absolute atomic E-state index is 0.123. The molecule has 1 atom stereocenters. The molecule has 1 unspecified atom stereocenters. The summed E-state index contributed by atoms with van der Waals surface area (Å²) in [4.78, 5) is 25.9. The second-order valence-corrected chi connectivity index (χ2v) is 6.03. The monoisotopic (exact) mass is 312 g/mol. The lowest BCUT2D eigenvalue weighted by molar-refractivity contribution is 0.0958. The van der Waals surface area contributed by atoms with E-state index in [-0.39, 0.29) is 17.2 Å². The lowest BCUT2D eigenvalue weighted by Crippen LogP contribution is -2.24. The summed E-state index contributed by atoms with van der Waals surface area (Å²) >= 11 is 1.15. The van der Waals surface area contributed by atoms with Gasteiger partial charge in [0.15, 0.2) is 0 Å². The highest BCUT2D eigenvalue weighted by Crippen LogP contribution is 2.39. The average molecular weight is 312 g/mol. The van der Waals surface area contributed by atoms with Gasteiger partial charge in [-0.2, -0.15) is 0 Å². The summed E-state index contributed by atoms with van der Waals surface area (Å²) in [5.41, 5.74) is 11.6. The number of hydrogen-bond acceptors (Lipinski definition) is 6. The molecule has 0 radical (unpaired) electrons. The lowest BCUT2D eigenvalue weighted by atomic mass is 10.2. The van der Waals surface area contributed by atoms with Gasteiger partial charge in [-0.3, -0.25) is 9.59 Å². The summed E-state index contributed by atoms with van der Waals surface area (Å²) in [6.45, 7) is 3.51. The molecule has 0 bridgehead atoms. The van der Waals surface area contributed by atoms with Crippen LogP contribution >= 0.6 is 11.3 Å². The van der Waals surface area contributed by atoms with Crippen LogP contribution in [0.5, 0.6) is 0 Å². The number of nitrogens with two attached hydrogens (primary N) is 2. The number of nitrogens with one attached hydrogen (secondary N) is 1. The molecule has 8 heteroatoms. The summed E-state index contributed by atoms with van der Waals surface area (Å²) in [6, 6.07) is 0. The van der Waals surface area contributed by atoms with Crippen LogP contribution in [-0.2, 0) is 0 Å². The fourth-order valence-electron chi connectivity index (χ4n) is 2.31. The zero-order valence-electron chi connectivity index (χ0n) is 11.9. The molecule has 2 heterocycles. The number of amides is 2. The van der Waals surface area contributed by atoms with E-state index in [4.69, 9.17) is 11.5 Å². The molecule has 0 saturated carbocycles. The Hall–Kier alpha value is -1.80. The molecular weight excluding hydrogens is 292 g/mol. The fourth-order valence-corrected chi connectivity index (χ4v) is 3.48. The number of rotatable bonds is 5. The van der Waals surface area contributed by atoms with E-state index < -0.39 is 12.0 Å². The second kappa shape index (κ2) is 6.31. The van der Waals surface area contributed by atoms with Gasteiger partial charge < -0.3 is 26.8 Å². The van der Waals surface area contributed by atoms with E-state index >= 15 is 0 Å². The zero-order valence-corrected chi connectivity index (χ0v) is 12.7. The number of carbonyl (C=O) groups excluding carboxylic acids is 2. The Morgan fingerprint density at radius 3 is 2.76 bits per heavy atom. The molecule has 0 aliphatic carbocycles. The Morgan fingerprint density at radius 1 is 1.52 bits per heavy atom.